The van der Waals surface area contributed by atoms with Crippen molar-refractivity contribution in [3.05, 3.63) is 39.0 Å². The second-order valence-corrected chi connectivity index (χ2v) is 7.27. The van der Waals surface area contributed by atoms with E-state index in [0.29, 0.717) is 17.2 Å². The number of aromatic nitrogens is 3. The van der Waals surface area contributed by atoms with Gasteiger partial charge in [-0.05, 0) is 26.3 Å². The van der Waals surface area contributed by atoms with Crippen LogP contribution in [0.15, 0.2) is 21.5 Å². The van der Waals surface area contributed by atoms with Gasteiger partial charge in [0.25, 0.3) is 11.3 Å². The van der Waals surface area contributed by atoms with Gasteiger partial charge in [-0.25, -0.2) is 4.79 Å². The van der Waals surface area contributed by atoms with Crippen molar-refractivity contribution >= 4 is 40.3 Å². The molecular formula is C21H23ClN4O7. The van der Waals surface area contributed by atoms with Gasteiger partial charge in [0.05, 0.1) is 31.5 Å². The lowest BCUT2D eigenvalue weighted by atomic mass is 10.1. The molecule has 1 N–H and O–H groups in total. The summed E-state index contributed by atoms with van der Waals surface area (Å²) in [6, 6.07) is 2.05. The third-order valence-electron chi connectivity index (χ3n) is 4.92. The number of benzene rings is 1. The fourth-order valence-corrected chi connectivity index (χ4v) is 3.62. The van der Waals surface area contributed by atoms with Crippen LogP contribution in [0.2, 0.25) is 5.02 Å². The van der Waals surface area contributed by atoms with E-state index in [1.54, 1.807) is 20.8 Å². The van der Waals surface area contributed by atoms with Crippen LogP contribution in [0.5, 0.6) is 11.5 Å². The summed E-state index contributed by atoms with van der Waals surface area (Å²) in [5, 5.41) is 6.48. The first-order chi connectivity index (χ1) is 15.8. The SMILES string of the molecule is CCOC(=O)c1noc2nc(C)n([C@H](CC)C(=O)Nc3cc(Cl)c(OC)cc3OC)c(=O)c12. The number of nitrogens with zero attached hydrogens (tertiary/aromatic N) is 3. The normalized spacial score (nSPS) is 11.8. The summed E-state index contributed by atoms with van der Waals surface area (Å²) in [4.78, 5) is 43.0. The van der Waals surface area contributed by atoms with Crippen LogP contribution in [0.4, 0.5) is 5.69 Å². The average molecular weight is 479 g/mol. The molecule has 0 fully saturated rings. The van der Waals surface area contributed by atoms with Crippen LogP contribution in [0.3, 0.4) is 0 Å². The standard InChI is InChI=1S/C21H23ClN4O7/c1-6-13(18(27)24-12-8-11(22)14(30-4)9-15(12)31-5)26-10(3)23-19-16(20(26)28)17(25-33-19)21(29)32-7-2/h8-9,13H,6-7H2,1-5H3,(H,24,27)/t13-/m1/s1. The highest BCUT2D eigenvalue weighted by Gasteiger charge is 2.29. The van der Waals surface area contributed by atoms with Crippen molar-refractivity contribution in [3.8, 4) is 11.5 Å². The molecule has 2 heterocycles. The molecule has 0 aliphatic heterocycles. The number of ether oxygens (including phenoxy) is 3. The Labute approximate surface area is 193 Å². The van der Waals surface area contributed by atoms with Crippen molar-refractivity contribution in [1.82, 2.24) is 14.7 Å². The maximum absolute atomic E-state index is 13.3. The lowest BCUT2D eigenvalue weighted by molar-refractivity contribution is -0.119. The zero-order valence-corrected chi connectivity index (χ0v) is 19.5. The Kier molecular flexibility index (Phi) is 7.22. The number of carbonyl (C=O) groups is 2. The molecule has 0 saturated heterocycles. The predicted octanol–water partition coefficient (Wildman–Crippen LogP) is 3.13. The van der Waals surface area contributed by atoms with Gasteiger partial charge in [0.2, 0.25) is 11.6 Å². The van der Waals surface area contributed by atoms with Crippen LogP contribution in [-0.2, 0) is 9.53 Å². The van der Waals surface area contributed by atoms with Gasteiger partial charge in [-0.15, -0.1) is 0 Å². The summed E-state index contributed by atoms with van der Waals surface area (Å²) >= 11 is 6.19. The van der Waals surface area contributed by atoms with Crippen molar-refractivity contribution in [3.63, 3.8) is 0 Å². The summed E-state index contributed by atoms with van der Waals surface area (Å²) in [7, 11) is 2.89. The van der Waals surface area contributed by atoms with E-state index in [0.717, 1.165) is 0 Å². The number of carbonyl (C=O) groups excluding carboxylic acids is 2. The van der Waals surface area contributed by atoms with E-state index < -0.39 is 23.5 Å². The van der Waals surface area contributed by atoms with Crippen LogP contribution >= 0.6 is 11.6 Å². The first-order valence-electron chi connectivity index (χ1n) is 10.0. The van der Waals surface area contributed by atoms with Crippen LogP contribution in [-0.4, -0.2) is 47.4 Å². The second-order valence-electron chi connectivity index (χ2n) is 6.87. The molecular weight excluding hydrogens is 456 g/mol. The molecule has 3 aromatic rings. The molecule has 0 aliphatic carbocycles. The van der Waals surface area contributed by atoms with Gasteiger partial charge < -0.3 is 24.1 Å². The van der Waals surface area contributed by atoms with Crippen molar-refractivity contribution in [2.75, 3.05) is 26.1 Å². The molecule has 0 radical (unpaired) electrons. The third kappa shape index (κ3) is 4.49. The molecule has 1 amide bonds. The number of fused-ring (bicyclic) bond motifs is 1. The van der Waals surface area contributed by atoms with Crippen molar-refractivity contribution in [1.29, 1.82) is 0 Å². The fraction of sp³-hybridized carbons (Fsp3) is 0.381. The molecule has 176 valence electrons. The van der Waals surface area contributed by atoms with Gasteiger partial charge in [-0.2, -0.15) is 4.98 Å². The summed E-state index contributed by atoms with van der Waals surface area (Å²) in [6.07, 6.45) is 0.242. The van der Waals surface area contributed by atoms with Crippen LogP contribution in [0.25, 0.3) is 11.1 Å². The monoisotopic (exact) mass is 478 g/mol. The van der Waals surface area contributed by atoms with Gasteiger partial charge >= 0.3 is 5.97 Å². The number of hydrogen-bond acceptors (Lipinski definition) is 9. The van der Waals surface area contributed by atoms with E-state index in [-0.39, 0.29) is 40.7 Å². The largest absolute Gasteiger partial charge is 0.495 e. The van der Waals surface area contributed by atoms with Gasteiger partial charge in [0, 0.05) is 6.07 Å². The van der Waals surface area contributed by atoms with Gasteiger partial charge in [0.15, 0.2) is 0 Å². The number of hydrogen-bond donors (Lipinski definition) is 1. The Morgan fingerprint density at radius 3 is 2.52 bits per heavy atom. The Morgan fingerprint density at radius 2 is 1.91 bits per heavy atom. The topological polar surface area (TPSA) is 135 Å². The number of halogens is 1. The van der Waals surface area contributed by atoms with E-state index in [1.165, 1.54) is 30.9 Å². The zero-order chi connectivity index (χ0) is 24.3. The Bertz CT molecular complexity index is 1270. The second kappa shape index (κ2) is 9.90. The Balaban J connectivity index is 2.06. The summed E-state index contributed by atoms with van der Waals surface area (Å²) in [5.74, 6) is -0.432. The molecule has 12 heteroatoms. The third-order valence-corrected chi connectivity index (χ3v) is 5.22. The van der Waals surface area contributed by atoms with E-state index >= 15 is 0 Å². The average Bonchev–Trinajstić information content (AvgIpc) is 3.21. The first kappa shape index (κ1) is 24.1. The lowest BCUT2D eigenvalue weighted by Gasteiger charge is -2.21. The minimum Gasteiger partial charge on any atom is -0.495 e. The molecule has 0 unspecified atom stereocenters. The van der Waals surface area contributed by atoms with Crippen molar-refractivity contribution in [2.45, 2.75) is 33.2 Å². The highest BCUT2D eigenvalue weighted by atomic mass is 35.5. The van der Waals surface area contributed by atoms with E-state index in [9.17, 15) is 14.4 Å². The van der Waals surface area contributed by atoms with Crippen LogP contribution < -0.4 is 20.3 Å². The zero-order valence-electron chi connectivity index (χ0n) is 18.7. The van der Waals surface area contributed by atoms with Crippen molar-refractivity contribution in [2.24, 2.45) is 0 Å². The molecule has 3 rings (SSSR count). The smallest absolute Gasteiger partial charge is 0.361 e. The highest BCUT2D eigenvalue weighted by molar-refractivity contribution is 6.32. The summed E-state index contributed by atoms with van der Waals surface area (Å²) in [6.45, 7) is 5.00. The van der Waals surface area contributed by atoms with Gasteiger partial charge in [0.1, 0.15) is 28.8 Å². The molecule has 0 aliphatic rings. The van der Waals surface area contributed by atoms with E-state index in [2.05, 4.69) is 15.5 Å². The molecule has 0 spiro atoms. The number of esters is 1. The number of nitrogens with one attached hydrogen (secondary N) is 1. The molecule has 11 nitrogen and oxygen atoms in total. The first-order valence-corrected chi connectivity index (χ1v) is 10.4. The lowest BCUT2D eigenvalue weighted by Crippen LogP contribution is -2.35. The minimum atomic E-state index is -0.968. The number of aryl methyl sites for hydroxylation is 1. The maximum Gasteiger partial charge on any atom is 0.361 e. The molecule has 0 saturated carbocycles. The van der Waals surface area contributed by atoms with Crippen molar-refractivity contribution < 1.29 is 28.3 Å². The van der Waals surface area contributed by atoms with Crippen LogP contribution in [0.1, 0.15) is 42.6 Å². The quantitative estimate of drug-likeness (QED) is 0.484. The Hall–Kier alpha value is -3.60. The molecule has 0 bridgehead atoms. The minimum absolute atomic E-state index is 0.0902. The molecule has 33 heavy (non-hydrogen) atoms. The fourth-order valence-electron chi connectivity index (χ4n) is 3.38. The van der Waals surface area contributed by atoms with Gasteiger partial charge in [-0.1, -0.05) is 23.7 Å². The van der Waals surface area contributed by atoms with E-state index in [1.807, 2.05) is 0 Å². The predicted molar refractivity (Wildman–Crippen MR) is 119 cm³/mol. The maximum atomic E-state index is 13.3. The number of methoxy groups -OCH3 is 2. The van der Waals surface area contributed by atoms with E-state index in [4.69, 9.17) is 30.3 Å². The highest BCUT2D eigenvalue weighted by Crippen LogP contribution is 2.36. The molecule has 1 aromatic carbocycles. The molecule has 1 atom stereocenters. The Morgan fingerprint density at radius 1 is 1.21 bits per heavy atom. The number of amides is 1. The summed E-state index contributed by atoms with van der Waals surface area (Å²) < 4.78 is 21.7. The van der Waals surface area contributed by atoms with Crippen LogP contribution in [0, 0.1) is 6.92 Å². The van der Waals surface area contributed by atoms with Gasteiger partial charge in [-0.3, -0.25) is 14.2 Å². The summed E-state index contributed by atoms with van der Waals surface area (Å²) in [5.41, 5.74) is -0.764. The molecule has 2 aromatic heterocycles. The number of anilines is 1. The number of rotatable bonds is 8.